The van der Waals surface area contributed by atoms with Crippen LogP contribution >= 0.6 is 23.2 Å². The van der Waals surface area contributed by atoms with Crippen LogP contribution in [-0.4, -0.2) is 48.1 Å². The van der Waals surface area contributed by atoms with Crippen molar-refractivity contribution >= 4 is 39.9 Å². The monoisotopic (exact) mass is 478 g/mol. The number of H-pyrrole nitrogens is 1. The number of hydrogen-bond donors (Lipinski definition) is 1. The molecule has 0 atom stereocenters. The summed E-state index contributed by atoms with van der Waals surface area (Å²) in [7, 11) is 2.17. The van der Waals surface area contributed by atoms with Gasteiger partial charge in [0, 0.05) is 31.4 Å². The highest BCUT2D eigenvalue weighted by atomic mass is 35.5. The number of imidazole rings is 1. The van der Waals surface area contributed by atoms with Gasteiger partial charge < -0.3 is 14.8 Å². The maximum absolute atomic E-state index is 6.20. The third-order valence-corrected chi connectivity index (χ3v) is 7.26. The van der Waals surface area contributed by atoms with Gasteiger partial charge in [0.15, 0.2) is 0 Å². The molecule has 3 aromatic carbocycles. The Labute approximate surface area is 205 Å². The van der Waals surface area contributed by atoms with Crippen LogP contribution in [0.5, 0.6) is 0 Å². The number of hydrogen-bond acceptors (Lipinski definition) is 3. The molecule has 0 unspecified atom stereocenters. The molecular formula is C27H28Cl2N4. The Morgan fingerprint density at radius 2 is 1.55 bits per heavy atom. The van der Waals surface area contributed by atoms with E-state index in [-0.39, 0.29) is 0 Å². The minimum absolute atomic E-state index is 0.556. The van der Waals surface area contributed by atoms with Crippen molar-refractivity contribution in [3.8, 4) is 22.5 Å². The summed E-state index contributed by atoms with van der Waals surface area (Å²) in [5.41, 5.74) is 6.35. The van der Waals surface area contributed by atoms with Crippen LogP contribution < -0.4 is 4.90 Å². The van der Waals surface area contributed by atoms with Gasteiger partial charge in [0.1, 0.15) is 5.82 Å². The number of likely N-dealkylation sites (N-methyl/N-ethyl adjacent to an activating group) is 1. The third-order valence-electron chi connectivity index (χ3n) is 6.52. The van der Waals surface area contributed by atoms with Crippen LogP contribution in [0.25, 0.3) is 33.5 Å². The van der Waals surface area contributed by atoms with Gasteiger partial charge in [-0.15, -0.1) is 0 Å². The van der Waals surface area contributed by atoms with Gasteiger partial charge in [-0.2, -0.15) is 0 Å². The zero-order valence-electron chi connectivity index (χ0n) is 18.8. The Balaban J connectivity index is 1.30. The maximum Gasteiger partial charge on any atom is 0.138 e. The second-order valence-corrected chi connectivity index (χ2v) is 9.63. The van der Waals surface area contributed by atoms with Gasteiger partial charge in [0.25, 0.3) is 0 Å². The lowest BCUT2D eigenvalue weighted by atomic mass is 10.1. The summed E-state index contributed by atoms with van der Waals surface area (Å²) in [5.74, 6) is 0.874. The standard InChI is InChI=1S/C27H28Cl2N4/c1-32(15-16-33-13-3-2-4-14-33)22-9-5-19(6-10-22)27-30-25-12-8-21(18-26(25)31-27)20-7-11-23(28)24(29)17-20/h5-12,17-18H,2-4,13-16H2,1H3,(H,30,31). The van der Waals surface area contributed by atoms with Gasteiger partial charge in [0.05, 0.1) is 21.1 Å². The molecule has 1 aliphatic heterocycles. The molecule has 5 rings (SSSR count). The first-order valence-corrected chi connectivity index (χ1v) is 12.3. The number of nitrogens with one attached hydrogen (secondary N) is 1. The highest BCUT2D eigenvalue weighted by molar-refractivity contribution is 6.42. The second kappa shape index (κ2) is 9.76. The predicted molar refractivity (Wildman–Crippen MR) is 141 cm³/mol. The lowest BCUT2D eigenvalue weighted by Crippen LogP contribution is -2.36. The average molecular weight is 479 g/mol. The summed E-state index contributed by atoms with van der Waals surface area (Å²) >= 11 is 12.3. The number of halogens is 2. The highest BCUT2D eigenvalue weighted by Gasteiger charge is 2.12. The number of anilines is 1. The Morgan fingerprint density at radius 3 is 2.30 bits per heavy atom. The minimum atomic E-state index is 0.556. The molecule has 4 aromatic rings. The maximum atomic E-state index is 6.20. The molecule has 1 fully saturated rings. The second-order valence-electron chi connectivity index (χ2n) is 8.82. The number of piperidine rings is 1. The largest absolute Gasteiger partial charge is 0.373 e. The molecule has 170 valence electrons. The van der Waals surface area contributed by atoms with Gasteiger partial charge in [-0.25, -0.2) is 4.98 Å². The van der Waals surface area contributed by atoms with Gasteiger partial charge in [-0.3, -0.25) is 0 Å². The molecule has 33 heavy (non-hydrogen) atoms. The first-order valence-electron chi connectivity index (χ1n) is 11.6. The molecule has 1 saturated heterocycles. The van der Waals surface area contributed by atoms with Crippen LogP contribution in [0.2, 0.25) is 10.0 Å². The van der Waals surface area contributed by atoms with E-state index in [4.69, 9.17) is 28.2 Å². The van der Waals surface area contributed by atoms with E-state index in [1.165, 1.54) is 38.0 Å². The van der Waals surface area contributed by atoms with Crippen molar-refractivity contribution in [1.29, 1.82) is 0 Å². The number of nitrogens with zero attached hydrogens (tertiary/aromatic N) is 3. The van der Waals surface area contributed by atoms with E-state index < -0.39 is 0 Å². The van der Waals surface area contributed by atoms with E-state index in [1.54, 1.807) is 0 Å². The molecule has 1 aliphatic rings. The number of fused-ring (bicyclic) bond motifs is 1. The zero-order chi connectivity index (χ0) is 22.8. The Kier molecular flexibility index (Phi) is 6.59. The predicted octanol–water partition coefficient (Wildman–Crippen LogP) is 7.13. The van der Waals surface area contributed by atoms with Crippen LogP contribution in [0.15, 0.2) is 60.7 Å². The number of rotatable bonds is 6. The molecule has 6 heteroatoms. The zero-order valence-corrected chi connectivity index (χ0v) is 20.3. The van der Waals surface area contributed by atoms with E-state index >= 15 is 0 Å². The van der Waals surface area contributed by atoms with Crippen LogP contribution in [0.3, 0.4) is 0 Å². The van der Waals surface area contributed by atoms with Crippen LogP contribution in [-0.2, 0) is 0 Å². The number of likely N-dealkylation sites (tertiary alicyclic amines) is 1. The Morgan fingerprint density at radius 1 is 0.848 bits per heavy atom. The van der Waals surface area contributed by atoms with E-state index in [1.807, 2.05) is 24.3 Å². The SMILES string of the molecule is CN(CCN1CCCCC1)c1ccc(-c2nc3ccc(-c4ccc(Cl)c(Cl)c4)cc3[nH]2)cc1. The molecule has 0 amide bonds. The van der Waals surface area contributed by atoms with Crippen molar-refractivity contribution in [2.75, 3.05) is 38.1 Å². The number of aromatic amines is 1. The van der Waals surface area contributed by atoms with Crippen molar-refractivity contribution in [3.05, 3.63) is 70.7 Å². The topological polar surface area (TPSA) is 35.2 Å². The summed E-state index contributed by atoms with van der Waals surface area (Å²) < 4.78 is 0. The summed E-state index contributed by atoms with van der Waals surface area (Å²) in [6.45, 7) is 4.65. The van der Waals surface area contributed by atoms with E-state index in [9.17, 15) is 0 Å². The number of aromatic nitrogens is 2. The fourth-order valence-corrected chi connectivity index (χ4v) is 4.78. The molecule has 0 bridgehead atoms. The lowest BCUT2D eigenvalue weighted by molar-refractivity contribution is 0.234. The molecule has 0 saturated carbocycles. The Hall–Kier alpha value is -2.53. The van der Waals surface area contributed by atoms with E-state index in [0.29, 0.717) is 10.0 Å². The lowest BCUT2D eigenvalue weighted by Gasteiger charge is -2.29. The fourth-order valence-electron chi connectivity index (χ4n) is 4.48. The normalized spacial score (nSPS) is 14.6. The van der Waals surface area contributed by atoms with Crippen molar-refractivity contribution in [2.45, 2.75) is 19.3 Å². The van der Waals surface area contributed by atoms with Gasteiger partial charge in [-0.05, 0) is 85.6 Å². The first kappa shape index (κ1) is 22.3. The molecule has 1 aromatic heterocycles. The van der Waals surface area contributed by atoms with Gasteiger partial charge in [-0.1, -0.05) is 41.8 Å². The molecular weight excluding hydrogens is 451 g/mol. The van der Waals surface area contributed by atoms with Crippen molar-refractivity contribution in [1.82, 2.24) is 14.9 Å². The minimum Gasteiger partial charge on any atom is -0.373 e. The quantitative estimate of drug-likeness (QED) is 0.320. The summed E-state index contributed by atoms with van der Waals surface area (Å²) in [4.78, 5) is 13.2. The van der Waals surface area contributed by atoms with Gasteiger partial charge >= 0.3 is 0 Å². The first-order chi connectivity index (χ1) is 16.1. The van der Waals surface area contributed by atoms with E-state index in [0.717, 1.165) is 46.6 Å². The smallest absolute Gasteiger partial charge is 0.138 e. The summed E-state index contributed by atoms with van der Waals surface area (Å²) in [6, 6.07) is 20.5. The van der Waals surface area contributed by atoms with Crippen LogP contribution in [0.4, 0.5) is 5.69 Å². The summed E-state index contributed by atoms with van der Waals surface area (Å²) in [6.07, 6.45) is 4.06. The average Bonchev–Trinajstić information content (AvgIpc) is 3.28. The van der Waals surface area contributed by atoms with E-state index in [2.05, 4.69) is 58.2 Å². The summed E-state index contributed by atoms with van der Waals surface area (Å²) in [5, 5.41) is 1.12. The van der Waals surface area contributed by atoms with Crippen LogP contribution in [0.1, 0.15) is 19.3 Å². The van der Waals surface area contributed by atoms with Gasteiger partial charge in [0.2, 0.25) is 0 Å². The fraction of sp³-hybridized carbons (Fsp3) is 0.296. The van der Waals surface area contributed by atoms with Crippen LogP contribution in [0, 0.1) is 0 Å². The Bertz CT molecular complexity index is 1240. The molecule has 2 heterocycles. The van der Waals surface area contributed by atoms with Crippen molar-refractivity contribution in [2.24, 2.45) is 0 Å². The van der Waals surface area contributed by atoms with Crippen molar-refractivity contribution < 1.29 is 0 Å². The molecule has 4 nitrogen and oxygen atoms in total. The van der Waals surface area contributed by atoms with Crippen molar-refractivity contribution in [3.63, 3.8) is 0 Å². The molecule has 0 radical (unpaired) electrons. The number of benzene rings is 3. The molecule has 0 aliphatic carbocycles. The third kappa shape index (κ3) is 5.03. The highest BCUT2D eigenvalue weighted by Crippen LogP contribution is 2.31. The molecule has 1 N–H and O–H groups in total. The molecule has 0 spiro atoms.